The zero-order valence-electron chi connectivity index (χ0n) is 18.7. The lowest BCUT2D eigenvalue weighted by Gasteiger charge is -2.17. The maximum absolute atomic E-state index is 5.47. The second-order valence-electron chi connectivity index (χ2n) is 8.50. The fraction of sp³-hybridized carbons (Fsp3) is 0.462. The van der Waals surface area contributed by atoms with E-state index in [1.807, 2.05) is 0 Å². The van der Waals surface area contributed by atoms with Crippen molar-refractivity contribution in [3.63, 3.8) is 0 Å². The largest absolute Gasteiger partial charge is 0.330 e. The molecule has 2 unspecified atom stereocenters. The molecular weight excluding hydrogens is 368 g/mol. The summed E-state index contributed by atoms with van der Waals surface area (Å²) in [7, 11) is 0. The van der Waals surface area contributed by atoms with E-state index in [0.29, 0.717) is 11.8 Å². The Kier molecular flexibility index (Phi) is 8.21. The molecule has 1 aromatic heterocycles. The molecule has 0 saturated carbocycles. The maximum Gasteiger partial charge on any atom is 0.138 e. The van der Waals surface area contributed by atoms with Gasteiger partial charge in [0.15, 0.2) is 0 Å². The van der Waals surface area contributed by atoms with E-state index in [-0.39, 0.29) is 0 Å². The smallest absolute Gasteiger partial charge is 0.138 e. The lowest BCUT2D eigenvalue weighted by Crippen LogP contribution is -2.12. The highest BCUT2D eigenvalue weighted by molar-refractivity contribution is 5.39. The molecule has 1 aliphatic carbocycles. The summed E-state index contributed by atoms with van der Waals surface area (Å²) < 4.78 is 1.79. The number of nitrogens with two attached hydrogens (primary N) is 1. The summed E-state index contributed by atoms with van der Waals surface area (Å²) in [5.41, 5.74) is 11.0. The third-order valence-corrected chi connectivity index (χ3v) is 6.37. The number of hydrogen-bond donors (Lipinski definition) is 1. The minimum atomic E-state index is 0.633. The van der Waals surface area contributed by atoms with Crippen LogP contribution in [0.4, 0.5) is 0 Å². The predicted octanol–water partition coefficient (Wildman–Crippen LogP) is 5.56. The Labute approximate surface area is 181 Å². The maximum atomic E-state index is 5.47. The third-order valence-electron chi connectivity index (χ3n) is 6.37. The summed E-state index contributed by atoms with van der Waals surface area (Å²) in [5.74, 6) is 2.13. The Hall–Kier alpha value is -2.46. The van der Waals surface area contributed by atoms with E-state index in [1.165, 1.54) is 42.4 Å². The minimum absolute atomic E-state index is 0.633. The Morgan fingerprint density at radius 2 is 1.87 bits per heavy atom. The second-order valence-corrected chi connectivity index (χ2v) is 8.50. The Bertz CT molecular complexity index is 866. The molecule has 0 spiro atoms. The lowest BCUT2D eigenvalue weighted by molar-refractivity contribution is 0.475. The van der Waals surface area contributed by atoms with Crippen LogP contribution in [0.2, 0.25) is 0 Å². The van der Waals surface area contributed by atoms with Gasteiger partial charge in [0.1, 0.15) is 12.7 Å². The third kappa shape index (κ3) is 5.57. The van der Waals surface area contributed by atoms with Crippen molar-refractivity contribution in [3.8, 4) is 5.69 Å². The van der Waals surface area contributed by atoms with Crippen LogP contribution in [0.1, 0.15) is 62.6 Å². The Morgan fingerprint density at radius 1 is 1.10 bits per heavy atom. The zero-order chi connectivity index (χ0) is 21.3. The quantitative estimate of drug-likeness (QED) is 0.561. The van der Waals surface area contributed by atoms with E-state index in [0.717, 1.165) is 24.6 Å². The minimum Gasteiger partial charge on any atom is -0.330 e. The first-order chi connectivity index (χ1) is 14.7. The fourth-order valence-corrected chi connectivity index (χ4v) is 4.47. The molecule has 160 valence electrons. The van der Waals surface area contributed by atoms with Crippen molar-refractivity contribution in [2.45, 2.75) is 58.8 Å². The van der Waals surface area contributed by atoms with E-state index in [4.69, 9.17) is 5.73 Å². The lowest BCUT2D eigenvalue weighted by atomic mass is 9.88. The van der Waals surface area contributed by atoms with Crippen molar-refractivity contribution in [2.24, 2.45) is 17.6 Å². The average molecular weight is 405 g/mol. The van der Waals surface area contributed by atoms with Crippen LogP contribution in [0, 0.1) is 11.8 Å². The number of fused-ring (bicyclic) bond motifs is 1. The van der Waals surface area contributed by atoms with Gasteiger partial charge in [0.25, 0.3) is 0 Å². The van der Waals surface area contributed by atoms with Gasteiger partial charge in [-0.2, -0.15) is 5.10 Å². The SMILES string of the molecule is CCCC(CC)CN.C[C@@H]1Cc2ccccc2C1Cc1ccc(-n2cncn2)cc1. The van der Waals surface area contributed by atoms with Gasteiger partial charge in [-0.1, -0.05) is 70.0 Å². The zero-order valence-corrected chi connectivity index (χ0v) is 18.7. The van der Waals surface area contributed by atoms with Crippen LogP contribution in [0.15, 0.2) is 61.2 Å². The topological polar surface area (TPSA) is 56.7 Å². The van der Waals surface area contributed by atoms with Crippen LogP contribution in [-0.2, 0) is 12.8 Å². The number of benzene rings is 2. The van der Waals surface area contributed by atoms with Gasteiger partial charge in [-0.25, -0.2) is 9.67 Å². The molecule has 3 aromatic rings. The molecule has 0 radical (unpaired) electrons. The Balaban J connectivity index is 0.000000275. The number of rotatable bonds is 7. The standard InChI is InChI=1S/C19H19N3.C7H17N/c1-14-10-16-4-2-3-5-18(16)19(14)11-15-6-8-17(9-7-15)22-13-20-12-21-22;1-3-5-7(4-2)6-8/h2-9,12-14,19H,10-11H2,1H3;7H,3-6,8H2,1-2H3/t14-,19?;/m1./s1. The highest BCUT2D eigenvalue weighted by Crippen LogP contribution is 2.39. The molecule has 2 N–H and O–H groups in total. The molecule has 1 aliphatic rings. The molecule has 0 aliphatic heterocycles. The van der Waals surface area contributed by atoms with Crippen molar-refractivity contribution < 1.29 is 0 Å². The summed E-state index contributed by atoms with van der Waals surface area (Å²) in [6.45, 7) is 7.64. The average Bonchev–Trinajstić information content (AvgIpc) is 3.42. The van der Waals surface area contributed by atoms with E-state index < -0.39 is 0 Å². The molecule has 2 aromatic carbocycles. The summed E-state index contributed by atoms with van der Waals surface area (Å²) in [6.07, 6.45) is 9.41. The number of hydrogen-bond acceptors (Lipinski definition) is 3. The van der Waals surface area contributed by atoms with Gasteiger partial charge in [0.05, 0.1) is 5.69 Å². The van der Waals surface area contributed by atoms with E-state index in [2.05, 4.69) is 79.4 Å². The normalized spacial score (nSPS) is 18.4. The van der Waals surface area contributed by atoms with Crippen molar-refractivity contribution in [1.82, 2.24) is 14.8 Å². The van der Waals surface area contributed by atoms with Gasteiger partial charge >= 0.3 is 0 Å². The van der Waals surface area contributed by atoms with Crippen LogP contribution in [-0.4, -0.2) is 21.3 Å². The second kappa shape index (κ2) is 11.1. The molecule has 0 bridgehead atoms. The fourth-order valence-electron chi connectivity index (χ4n) is 4.47. The summed E-state index contributed by atoms with van der Waals surface area (Å²) in [6, 6.07) is 17.6. The van der Waals surface area contributed by atoms with Crippen LogP contribution in [0.3, 0.4) is 0 Å². The van der Waals surface area contributed by atoms with Crippen LogP contribution in [0.5, 0.6) is 0 Å². The van der Waals surface area contributed by atoms with Crippen LogP contribution >= 0.6 is 0 Å². The van der Waals surface area contributed by atoms with Gasteiger partial charge in [0, 0.05) is 0 Å². The monoisotopic (exact) mass is 404 g/mol. The molecule has 4 nitrogen and oxygen atoms in total. The van der Waals surface area contributed by atoms with E-state index >= 15 is 0 Å². The number of nitrogens with zero attached hydrogens (tertiary/aromatic N) is 3. The molecule has 30 heavy (non-hydrogen) atoms. The van der Waals surface area contributed by atoms with E-state index in [1.54, 1.807) is 17.3 Å². The molecule has 0 saturated heterocycles. The molecular formula is C26H36N4. The Morgan fingerprint density at radius 3 is 2.47 bits per heavy atom. The molecule has 3 atom stereocenters. The molecule has 0 fully saturated rings. The van der Waals surface area contributed by atoms with Crippen LogP contribution in [0.25, 0.3) is 5.69 Å². The van der Waals surface area contributed by atoms with E-state index in [9.17, 15) is 0 Å². The first-order valence-electron chi connectivity index (χ1n) is 11.4. The van der Waals surface area contributed by atoms with Gasteiger partial charge < -0.3 is 5.73 Å². The van der Waals surface area contributed by atoms with Crippen molar-refractivity contribution >= 4 is 0 Å². The highest BCUT2D eigenvalue weighted by atomic mass is 15.3. The van der Waals surface area contributed by atoms with Gasteiger partial charge in [-0.15, -0.1) is 0 Å². The van der Waals surface area contributed by atoms with Crippen LogP contribution < -0.4 is 5.73 Å². The molecule has 4 heteroatoms. The van der Waals surface area contributed by atoms with Crippen molar-refractivity contribution in [1.29, 1.82) is 0 Å². The van der Waals surface area contributed by atoms with Crippen molar-refractivity contribution in [2.75, 3.05) is 6.54 Å². The summed E-state index contributed by atoms with van der Waals surface area (Å²) in [5, 5.41) is 4.17. The van der Waals surface area contributed by atoms with Gasteiger partial charge in [-0.3, -0.25) is 0 Å². The molecule has 0 amide bonds. The van der Waals surface area contributed by atoms with Crippen molar-refractivity contribution in [3.05, 3.63) is 77.9 Å². The summed E-state index contributed by atoms with van der Waals surface area (Å²) in [4.78, 5) is 3.99. The molecule has 1 heterocycles. The first kappa shape index (κ1) is 22.2. The molecule has 4 rings (SSSR count). The van der Waals surface area contributed by atoms with Gasteiger partial charge in [-0.05, 0) is 72.4 Å². The predicted molar refractivity (Wildman–Crippen MR) is 125 cm³/mol. The highest BCUT2D eigenvalue weighted by Gasteiger charge is 2.28. The van der Waals surface area contributed by atoms with Gasteiger partial charge in [0.2, 0.25) is 0 Å². The first-order valence-corrected chi connectivity index (χ1v) is 11.4. The summed E-state index contributed by atoms with van der Waals surface area (Å²) >= 11 is 0. The number of aromatic nitrogens is 3.